The van der Waals surface area contributed by atoms with Crippen LogP contribution < -0.4 is 0 Å². The molecule has 0 saturated heterocycles. The molecular weight excluding hydrogens is 210 g/mol. The molecule has 0 radical (unpaired) electrons. The maximum Gasteiger partial charge on any atom is 0.475 e. The number of rotatable bonds is 4. The average molecular weight is 215 g/mol. The Morgan fingerprint density at radius 1 is 0.812 bits per heavy atom. The van der Waals surface area contributed by atoms with Crippen LogP contribution in [0.5, 0.6) is 0 Å². The molecule has 6 nitrogen and oxygen atoms in total. The first-order valence-corrected chi connectivity index (χ1v) is 4.06. The second kappa shape index (κ2) is 5.09. The highest BCUT2D eigenvalue weighted by atomic mass is 16.9. The molecule has 0 aliphatic carbocycles. The number of nitriles is 3. The maximum absolute atomic E-state index is 8.47. The zero-order valence-electron chi connectivity index (χ0n) is 7.95. The Kier molecular flexibility index (Phi) is 3.55. The van der Waals surface area contributed by atoms with Gasteiger partial charge in [0.25, 0.3) is 18.8 Å². The second-order valence-corrected chi connectivity index (χ2v) is 2.50. The van der Waals surface area contributed by atoms with E-state index < -0.39 is 5.97 Å². The topological polar surface area (TPSA) is 99.1 Å². The summed E-state index contributed by atoms with van der Waals surface area (Å²) in [5.41, 5.74) is 0.222. The Bertz CT molecular complexity index is 426. The Morgan fingerprint density at radius 2 is 1.25 bits per heavy atom. The third kappa shape index (κ3) is 2.12. The largest absolute Gasteiger partial charge is 0.475 e. The molecular formula is C10H5N3O3. The highest BCUT2D eigenvalue weighted by molar-refractivity contribution is 5.19. The summed E-state index contributed by atoms with van der Waals surface area (Å²) < 4.78 is 13.5. The van der Waals surface area contributed by atoms with E-state index in [-0.39, 0.29) is 5.56 Å². The first-order chi connectivity index (χ1) is 7.79. The third-order valence-electron chi connectivity index (χ3n) is 1.67. The van der Waals surface area contributed by atoms with Crippen LogP contribution in [0.1, 0.15) is 5.56 Å². The molecule has 16 heavy (non-hydrogen) atoms. The van der Waals surface area contributed by atoms with E-state index in [1.807, 2.05) is 0 Å². The van der Waals surface area contributed by atoms with Gasteiger partial charge < -0.3 is 14.2 Å². The molecule has 0 aromatic heterocycles. The van der Waals surface area contributed by atoms with Crippen LogP contribution in [0.2, 0.25) is 0 Å². The van der Waals surface area contributed by atoms with Crippen molar-refractivity contribution in [2.45, 2.75) is 5.97 Å². The monoisotopic (exact) mass is 215 g/mol. The van der Waals surface area contributed by atoms with E-state index in [4.69, 9.17) is 15.8 Å². The van der Waals surface area contributed by atoms with E-state index in [1.165, 1.54) is 30.9 Å². The number of hydrogen-bond acceptors (Lipinski definition) is 6. The maximum atomic E-state index is 8.47. The van der Waals surface area contributed by atoms with Gasteiger partial charge in [-0.3, -0.25) is 0 Å². The molecule has 0 bridgehead atoms. The van der Waals surface area contributed by atoms with Gasteiger partial charge in [0, 0.05) is 0 Å². The highest BCUT2D eigenvalue weighted by Gasteiger charge is 2.41. The zero-order valence-corrected chi connectivity index (χ0v) is 7.95. The smallest absolute Gasteiger partial charge is 0.340 e. The van der Waals surface area contributed by atoms with Crippen LogP contribution in [0.25, 0.3) is 0 Å². The number of nitrogens with zero attached hydrogens (tertiary/aromatic N) is 3. The molecule has 0 spiro atoms. The third-order valence-corrected chi connectivity index (χ3v) is 1.67. The second-order valence-electron chi connectivity index (χ2n) is 2.50. The van der Waals surface area contributed by atoms with Crippen molar-refractivity contribution in [1.82, 2.24) is 0 Å². The van der Waals surface area contributed by atoms with Gasteiger partial charge in [0.2, 0.25) is 0 Å². The minimum Gasteiger partial charge on any atom is -0.340 e. The molecule has 0 saturated carbocycles. The van der Waals surface area contributed by atoms with E-state index in [9.17, 15) is 0 Å². The van der Waals surface area contributed by atoms with Crippen LogP contribution in [0.15, 0.2) is 30.3 Å². The molecule has 1 aromatic rings. The number of ether oxygens (including phenoxy) is 3. The molecule has 0 N–H and O–H groups in total. The first kappa shape index (κ1) is 11.2. The van der Waals surface area contributed by atoms with Gasteiger partial charge >= 0.3 is 5.97 Å². The van der Waals surface area contributed by atoms with Crippen molar-refractivity contribution in [2.24, 2.45) is 0 Å². The zero-order chi connectivity index (χ0) is 11.9. The van der Waals surface area contributed by atoms with E-state index >= 15 is 0 Å². The van der Waals surface area contributed by atoms with Crippen molar-refractivity contribution in [1.29, 1.82) is 15.8 Å². The van der Waals surface area contributed by atoms with Crippen molar-refractivity contribution in [3.8, 4) is 18.8 Å². The molecule has 0 fully saturated rings. The minimum absolute atomic E-state index is 0.222. The Morgan fingerprint density at radius 3 is 1.62 bits per heavy atom. The standard InChI is InChI=1S/C10H5N3O3/c11-6-14-10(15-7-12,16-8-13)9-4-2-1-3-5-9/h1-5H. The SMILES string of the molecule is N#COC(OC#N)(OC#N)c1ccccc1. The summed E-state index contributed by atoms with van der Waals surface area (Å²) in [7, 11) is 0. The lowest BCUT2D eigenvalue weighted by molar-refractivity contribution is -0.314. The van der Waals surface area contributed by atoms with Gasteiger partial charge in [-0.25, -0.2) is 0 Å². The molecule has 0 heterocycles. The summed E-state index contributed by atoms with van der Waals surface area (Å²) in [6.45, 7) is 0. The van der Waals surface area contributed by atoms with Crippen molar-refractivity contribution >= 4 is 0 Å². The van der Waals surface area contributed by atoms with Crippen LogP contribution in [-0.2, 0) is 20.2 Å². The normalized spacial score (nSPS) is 9.06. The van der Waals surface area contributed by atoms with E-state index in [1.54, 1.807) is 18.2 Å². The summed E-state index contributed by atoms with van der Waals surface area (Å²) in [5.74, 6) is -2.14. The fourth-order valence-electron chi connectivity index (χ4n) is 1.06. The van der Waals surface area contributed by atoms with Crippen molar-refractivity contribution in [3.63, 3.8) is 0 Å². The van der Waals surface area contributed by atoms with Crippen LogP contribution in [0.3, 0.4) is 0 Å². The van der Waals surface area contributed by atoms with Gasteiger partial charge in [-0.15, -0.1) is 15.8 Å². The Hall–Kier alpha value is -2.91. The van der Waals surface area contributed by atoms with Gasteiger partial charge in [-0.2, -0.15) is 0 Å². The molecule has 0 aliphatic heterocycles. The van der Waals surface area contributed by atoms with Crippen LogP contribution in [-0.4, -0.2) is 0 Å². The Balaban J connectivity index is 3.18. The van der Waals surface area contributed by atoms with Gasteiger partial charge in [-0.1, -0.05) is 18.2 Å². The summed E-state index contributed by atoms with van der Waals surface area (Å²) >= 11 is 0. The molecule has 1 aromatic carbocycles. The van der Waals surface area contributed by atoms with Crippen LogP contribution in [0.4, 0.5) is 0 Å². The molecule has 6 heteroatoms. The van der Waals surface area contributed by atoms with Crippen molar-refractivity contribution in [2.75, 3.05) is 0 Å². The first-order valence-electron chi connectivity index (χ1n) is 4.06. The number of hydrogen-bond donors (Lipinski definition) is 0. The lowest BCUT2D eigenvalue weighted by atomic mass is 10.2. The van der Waals surface area contributed by atoms with Gasteiger partial charge in [0.1, 0.15) is 0 Å². The fraction of sp³-hybridized carbons (Fsp3) is 0.100. The van der Waals surface area contributed by atoms with Crippen LogP contribution >= 0.6 is 0 Å². The molecule has 78 valence electrons. The Labute approximate surface area is 91.4 Å². The molecule has 0 unspecified atom stereocenters. The van der Waals surface area contributed by atoms with Crippen LogP contribution in [0, 0.1) is 34.6 Å². The molecule has 0 amide bonds. The average Bonchev–Trinajstić information content (AvgIpc) is 2.31. The summed E-state index contributed by atoms with van der Waals surface area (Å²) in [6.07, 6.45) is 3.97. The fourth-order valence-corrected chi connectivity index (χ4v) is 1.06. The van der Waals surface area contributed by atoms with Gasteiger partial charge in [0.15, 0.2) is 0 Å². The summed E-state index contributed by atoms with van der Waals surface area (Å²) in [5, 5.41) is 25.4. The van der Waals surface area contributed by atoms with E-state index in [0.717, 1.165) is 0 Å². The number of benzene rings is 1. The van der Waals surface area contributed by atoms with Gasteiger partial charge in [-0.05, 0) is 12.1 Å². The predicted molar refractivity (Wildman–Crippen MR) is 48.2 cm³/mol. The minimum atomic E-state index is -2.14. The lowest BCUT2D eigenvalue weighted by Gasteiger charge is -2.22. The lowest BCUT2D eigenvalue weighted by Crippen LogP contribution is -2.32. The highest BCUT2D eigenvalue weighted by Crippen LogP contribution is 2.27. The quantitative estimate of drug-likeness (QED) is 0.554. The molecule has 0 aliphatic rings. The van der Waals surface area contributed by atoms with Gasteiger partial charge in [0.05, 0.1) is 5.56 Å². The van der Waals surface area contributed by atoms with Crippen molar-refractivity contribution < 1.29 is 14.2 Å². The summed E-state index contributed by atoms with van der Waals surface area (Å²) in [6, 6.07) is 7.93. The summed E-state index contributed by atoms with van der Waals surface area (Å²) in [4.78, 5) is 0. The van der Waals surface area contributed by atoms with E-state index in [2.05, 4.69) is 14.2 Å². The molecule has 1 rings (SSSR count). The van der Waals surface area contributed by atoms with Crippen molar-refractivity contribution in [3.05, 3.63) is 35.9 Å². The molecule has 0 atom stereocenters. The van der Waals surface area contributed by atoms with E-state index in [0.29, 0.717) is 0 Å². The predicted octanol–water partition coefficient (Wildman–Crippen LogP) is 1.29.